The molecule has 0 aliphatic heterocycles. The Labute approximate surface area is 152 Å². The van der Waals surface area contributed by atoms with Crippen LogP contribution in [0.1, 0.15) is 27.2 Å². The Balaban J connectivity index is 1.80. The molecule has 3 heteroatoms. The van der Waals surface area contributed by atoms with Crippen LogP contribution in [0.5, 0.6) is 0 Å². The van der Waals surface area contributed by atoms with Crippen molar-refractivity contribution in [2.75, 3.05) is 0 Å². The number of carboxylic acid groups (broad SMARTS) is 1. The van der Waals surface area contributed by atoms with Crippen LogP contribution in [0.15, 0.2) is 72.9 Å². The van der Waals surface area contributed by atoms with Gasteiger partial charge in [-0.1, -0.05) is 65.9 Å². The minimum atomic E-state index is -1.04. The Kier molecular flexibility index (Phi) is 5.26. The smallest absolute Gasteiger partial charge is 0.354 e. The molecule has 0 aliphatic rings. The molecule has 1 N–H and O–H groups in total. The molecule has 3 rings (SSSR count). The highest BCUT2D eigenvalue weighted by Gasteiger charge is 2.02. The van der Waals surface area contributed by atoms with Gasteiger partial charge in [0.25, 0.3) is 0 Å². The summed E-state index contributed by atoms with van der Waals surface area (Å²) in [7, 11) is 0. The van der Waals surface area contributed by atoms with E-state index in [1.165, 1.54) is 17.8 Å². The van der Waals surface area contributed by atoms with E-state index in [0.717, 1.165) is 16.7 Å². The molecule has 0 spiro atoms. The summed E-state index contributed by atoms with van der Waals surface area (Å²) >= 11 is 0. The zero-order chi connectivity index (χ0) is 18.4. The van der Waals surface area contributed by atoms with Crippen molar-refractivity contribution in [2.45, 2.75) is 6.92 Å². The Morgan fingerprint density at radius 3 is 2.50 bits per heavy atom. The number of aromatic carboxylic acids is 1. The molecule has 0 radical (unpaired) electrons. The molecule has 0 atom stereocenters. The van der Waals surface area contributed by atoms with Gasteiger partial charge in [-0.05, 0) is 47.9 Å². The van der Waals surface area contributed by atoms with E-state index in [9.17, 15) is 4.79 Å². The lowest BCUT2D eigenvalue weighted by atomic mass is 9.98. The van der Waals surface area contributed by atoms with E-state index in [1.807, 2.05) is 18.2 Å². The summed E-state index contributed by atoms with van der Waals surface area (Å²) in [6.45, 7) is 2.07. The van der Waals surface area contributed by atoms with Gasteiger partial charge < -0.3 is 5.11 Å². The molecular formula is C23H17NO2. The largest absolute Gasteiger partial charge is 0.477 e. The molecule has 0 amide bonds. The molecular weight excluding hydrogens is 322 g/mol. The number of pyridine rings is 1. The minimum absolute atomic E-state index is 0.0121. The molecule has 1 heterocycles. The molecule has 0 unspecified atom stereocenters. The second-order valence-electron chi connectivity index (χ2n) is 5.79. The number of rotatable bonds is 3. The van der Waals surface area contributed by atoms with Crippen LogP contribution in [-0.4, -0.2) is 16.1 Å². The number of carbonyl (C=O) groups is 1. The average molecular weight is 339 g/mol. The summed E-state index contributed by atoms with van der Waals surface area (Å²) in [4.78, 5) is 14.6. The van der Waals surface area contributed by atoms with Crippen molar-refractivity contribution < 1.29 is 9.90 Å². The second kappa shape index (κ2) is 7.96. The number of benzene rings is 2. The van der Waals surface area contributed by atoms with Gasteiger partial charge in [0.2, 0.25) is 0 Å². The van der Waals surface area contributed by atoms with Crippen LogP contribution in [-0.2, 0) is 0 Å². The van der Waals surface area contributed by atoms with Gasteiger partial charge in [0.1, 0.15) is 5.69 Å². The van der Waals surface area contributed by atoms with E-state index in [-0.39, 0.29) is 5.69 Å². The molecule has 2 aromatic carbocycles. The zero-order valence-electron chi connectivity index (χ0n) is 14.3. The molecule has 3 aromatic rings. The lowest BCUT2D eigenvalue weighted by Crippen LogP contribution is -1.99. The summed E-state index contributed by atoms with van der Waals surface area (Å²) in [5.74, 6) is 4.88. The second-order valence-corrected chi connectivity index (χ2v) is 5.79. The topological polar surface area (TPSA) is 50.2 Å². The summed E-state index contributed by atoms with van der Waals surface area (Å²) < 4.78 is 0. The fourth-order valence-electron chi connectivity index (χ4n) is 2.49. The summed E-state index contributed by atoms with van der Waals surface area (Å²) in [5.41, 5.74) is 5.32. The molecule has 0 fully saturated rings. The maximum Gasteiger partial charge on any atom is 0.354 e. The van der Waals surface area contributed by atoms with Crippen molar-refractivity contribution in [1.82, 2.24) is 4.98 Å². The number of nitrogens with zero attached hydrogens (tertiary/aromatic N) is 1. The van der Waals surface area contributed by atoms with Gasteiger partial charge in [0.15, 0.2) is 0 Å². The van der Waals surface area contributed by atoms with Crippen molar-refractivity contribution in [3.63, 3.8) is 0 Å². The Morgan fingerprint density at radius 1 is 1.04 bits per heavy atom. The quantitative estimate of drug-likeness (QED) is 0.696. The number of hydrogen-bond acceptors (Lipinski definition) is 2. The summed E-state index contributed by atoms with van der Waals surface area (Å²) in [6, 6.07) is 19.7. The van der Waals surface area contributed by atoms with E-state index < -0.39 is 5.97 Å². The average Bonchev–Trinajstić information content (AvgIpc) is 2.67. The van der Waals surface area contributed by atoms with Gasteiger partial charge in [0, 0.05) is 11.8 Å². The lowest BCUT2D eigenvalue weighted by Gasteiger charge is -2.06. The van der Waals surface area contributed by atoms with Crippen molar-refractivity contribution in [2.24, 2.45) is 0 Å². The monoisotopic (exact) mass is 339 g/mol. The molecule has 0 bridgehead atoms. The molecule has 126 valence electrons. The van der Waals surface area contributed by atoms with Crippen molar-refractivity contribution in [3.05, 3.63) is 95.3 Å². The third kappa shape index (κ3) is 4.25. The zero-order valence-corrected chi connectivity index (χ0v) is 14.3. The van der Waals surface area contributed by atoms with Crippen molar-refractivity contribution in [1.29, 1.82) is 0 Å². The van der Waals surface area contributed by atoms with E-state index in [0.29, 0.717) is 5.56 Å². The van der Waals surface area contributed by atoms with Gasteiger partial charge in [-0.3, -0.25) is 0 Å². The van der Waals surface area contributed by atoms with Crippen molar-refractivity contribution in [3.8, 4) is 23.0 Å². The first kappa shape index (κ1) is 17.2. The molecule has 0 aliphatic carbocycles. The van der Waals surface area contributed by atoms with Crippen LogP contribution >= 0.6 is 0 Å². The fraction of sp³-hybridized carbons (Fsp3) is 0.0435. The molecule has 0 saturated heterocycles. The SMILES string of the molecule is Cc1ccc(-c2ccccc2/C=C/C#Cc2ccc(C(=O)O)nc2)cc1. The first-order valence-electron chi connectivity index (χ1n) is 8.17. The maximum absolute atomic E-state index is 10.8. The summed E-state index contributed by atoms with van der Waals surface area (Å²) in [6.07, 6.45) is 5.23. The van der Waals surface area contributed by atoms with Gasteiger partial charge >= 0.3 is 5.97 Å². The molecule has 1 aromatic heterocycles. The maximum atomic E-state index is 10.8. The first-order valence-corrected chi connectivity index (χ1v) is 8.17. The molecule has 0 saturated carbocycles. The minimum Gasteiger partial charge on any atom is -0.477 e. The highest BCUT2D eigenvalue weighted by molar-refractivity contribution is 5.85. The predicted molar refractivity (Wildman–Crippen MR) is 104 cm³/mol. The number of allylic oxidation sites excluding steroid dienone is 1. The number of carboxylic acids is 1. The van der Waals surface area contributed by atoms with Gasteiger partial charge in [-0.2, -0.15) is 0 Å². The van der Waals surface area contributed by atoms with E-state index >= 15 is 0 Å². The van der Waals surface area contributed by atoms with Crippen LogP contribution in [0, 0.1) is 18.8 Å². The Bertz CT molecular complexity index is 1000. The normalized spacial score (nSPS) is 10.3. The third-order valence-electron chi connectivity index (χ3n) is 3.87. The fourth-order valence-corrected chi connectivity index (χ4v) is 2.49. The van der Waals surface area contributed by atoms with Gasteiger partial charge in [0.05, 0.1) is 0 Å². The third-order valence-corrected chi connectivity index (χ3v) is 3.87. The highest BCUT2D eigenvalue weighted by Crippen LogP contribution is 2.24. The van der Waals surface area contributed by atoms with E-state index in [1.54, 1.807) is 12.1 Å². The Morgan fingerprint density at radius 2 is 1.81 bits per heavy atom. The number of aromatic nitrogens is 1. The van der Waals surface area contributed by atoms with Crippen LogP contribution in [0.4, 0.5) is 0 Å². The van der Waals surface area contributed by atoms with Crippen LogP contribution in [0.25, 0.3) is 17.2 Å². The number of hydrogen-bond donors (Lipinski definition) is 1. The van der Waals surface area contributed by atoms with Crippen LogP contribution in [0.2, 0.25) is 0 Å². The predicted octanol–water partition coefficient (Wildman–Crippen LogP) is 4.82. The highest BCUT2D eigenvalue weighted by atomic mass is 16.4. The first-order chi connectivity index (χ1) is 12.6. The van der Waals surface area contributed by atoms with E-state index in [4.69, 9.17) is 5.11 Å². The molecule has 3 nitrogen and oxygen atoms in total. The van der Waals surface area contributed by atoms with Gasteiger partial charge in [-0.15, -0.1) is 0 Å². The standard InChI is InChI=1S/C23H17NO2/c1-17-10-13-20(14-11-17)21-9-5-4-8-19(21)7-3-2-6-18-12-15-22(23(25)26)24-16-18/h3-5,7-16H,1H3,(H,25,26)/b7-3+. The van der Waals surface area contributed by atoms with Gasteiger partial charge in [-0.25, -0.2) is 9.78 Å². The molecule has 26 heavy (non-hydrogen) atoms. The van der Waals surface area contributed by atoms with Crippen LogP contribution < -0.4 is 0 Å². The summed E-state index contributed by atoms with van der Waals surface area (Å²) in [5, 5.41) is 8.84. The van der Waals surface area contributed by atoms with Crippen molar-refractivity contribution >= 4 is 12.0 Å². The van der Waals surface area contributed by atoms with Crippen LogP contribution in [0.3, 0.4) is 0 Å². The Hall–Kier alpha value is -3.64. The lowest BCUT2D eigenvalue weighted by molar-refractivity contribution is 0.0690. The number of aryl methyl sites for hydroxylation is 1. The van der Waals surface area contributed by atoms with E-state index in [2.05, 4.69) is 60.1 Å².